The van der Waals surface area contributed by atoms with Gasteiger partial charge in [0.25, 0.3) is 0 Å². The van der Waals surface area contributed by atoms with E-state index in [1.807, 2.05) is 0 Å². The third kappa shape index (κ3) is 3.84. The lowest BCUT2D eigenvalue weighted by Gasteiger charge is -2.46. The van der Waals surface area contributed by atoms with Gasteiger partial charge in [-0.15, -0.1) is 0 Å². The van der Waals surface area contributed by atoms with Crippen molar-refractivity contribution in [3.63, 3.8) is 0 Å². The van der Waals surface area contributed by atoms with Gasteiger partial charge in [0.2, 0.25) is 14.2 Å². The Labute approximate surface area is 144 Å². The predicted octanol–water partition coefficient (Wildman–Crippen LogP) is 5.11. The van der Waals surface area contributed by atoms with E-state index in [9.17, 15) is 4.79 Å². The highest BCUT2D eigenvalue weighted by atomic mass is 28.4. The zero-order chi connectivity index (χ0) is 17.2. The van der Waals surface area contributed by atoms with Gasteiger partial charge in [0.15, 0.2) is 0 Å². The highest BCUT2D eigenvalue weighted by Crippen LogP contribution is 2.44. The largest absolute Gasteiger partial charge is 0.413 e. The minimum atomic E-state index is -1.76. The van der Waals surface area contributed by atoms with Gasteiger partial charge in [0.05, 0.1) is 0 Å². The third-order valence-corrected chi connectivity index (χ3v) is 12.4. The van der Waals surface area contributed by atoms with Crippen LogP contribution >= 0.6 is 0 Å². The van der Waals surface area contributed by atoms with Crippen molar-refractivity contribution in [3.05, 3.63) is 0 Å². The Morgan fingerprint density at radius 2 is 1.48 bits per heavy atom. The molecule has 1 aliphatic heterocycles. The Hall–Kier alpha value is -0.353. The van der Waals surface area contributed by atoms with Crippen molar-refractivity contribution in [2.24, 2.45) is 0 Å². The summed E-state index contributed by atoms with van der Waals surface area (Å²) in [6, 6.07) is 0.484. The highest BCUT2D eigenvalue weighted by Gasteiger charge is 2.47. The lowest BCUT2D eigenvalue weighted by molar-refractivity contribution is -0.130. The molecule has 0 aromatic rings. The summed E-state index contributed by atoms with van der Waals surface area (Å²) in [6.07, 6.45) is 6.78. The number of hydrogen-bond donors (Lipinski definition) is 0. The van der Waals surface area contributed by atoms with E-state index < -0.39 is 8.32 Å². The van der Waals surface area contributed by atoms with Crippen molar-refractivity contribution >= 4 is 14.2 Å². The minimum absolute atomic E-state index is 0.379. The summed E-state index contributed by atoms with van der Waals surface area (Å²) in [5.74, 6) is 0.379. The lowest BCUT2D eigenvalue weighted by Crippen LogP contribution is -2.51. The molecule has 0 spiro atoms. The molecular formula is C19H37NO2Si. The quantitative estimate of drug-likeness (QED) is 0.629. The van der Waals surface area contributed by atoms with E-state index in [-0.39, 0.29) is 0 Å². The second kappa shape index (κ2) is 7.69. The fourth-order valence-corrected chi connectivity index (χ4v) is 10.9. The molecule has 134 valence electrons. The van der Waals surface area contributed by atoms with Crippen LogP contribution in [0.5, 0.6) is 0 Å². The summed E-state index contributed by atoms with van der Waals surface area (Å²) in [5.41, 5.74) is 1.96. The first-order valence-electron chi connectivity index (χ1n) is 9.76. The van der Waals surface area contributed by atoms with Crippen molar-refractivity contribution < 1.29 is 9.22 Å². The molecule has 23 heavy (non-hydrogen) atoms. The average molecular weight is 340 g/mol. The molecule has 0 N–H and O–H groups in total. The molecule has 0 radical (unpaired) electrons. The van der Waals surface area contributed by atoms with Gasteiger partial charge in [0.1, 0.15) is 0 Å². The van der Waals surface area contributed by atoms with Gasteiger partial charge in [0, 0.05) is 25.1 Å². The summed E-state index contributed by atoms with van der Waals surface area (Å²) >= 11 is 0. The molecule has 2 aliphatic rings. The SMILES string of the molecule is CC(C)[Si](OC1CCC(N2CCCC2=O)CC1)(C(C)C)C(C)C. The van der Waals surface area contributed by atoms with Gasteiger partial charge >= 0.3 is 0 Å². The Kier molecular flexibility index (Phi) is 6.34. The van der Waals surface area contributed by atoms with E-state index in [0.29, 0.717) is 34.7 Å². The first-order chi connectivity index (χ1) is 10.8. The normalized spacial score (nSPS) is 26.8. The van der Waals surface area contributed by atoms with E-state index in [1.165, 1.54) is 0 Å². The van der Waals surface area contributed by atoms with Crippen LogP contribution in [0.25, 0.3) is 0 Å². The highest BCUT2D eigenvalue weighted by molar-refractivity contribution is 6.77. The molecular weight excluding hydrogens is 302 g/mol. The van der Waals surface area contributed by atoms with Crippen molar-refractivity contribution in [1.29, 1.82) is 0 Å². The van der Waals surface area contributed by atoms with Gasteiger partial charge in [-0.1, -0.05) is 41.5 Å². The van der Waals surface area contributed by atoms with E-state index in [4.69, 9.17) is 4.43 Å². The Balaban J connectivity index is 1.97. The number of hydrogen-bond acceptors (Lipinski definition) is 2. The summed E-state index contributed by atoms with van der Waals surface area (Å²) in [6.45, 7) is 15.2. The number of carbonyl (C=O) groups is 1. The summed E-state index contributed by atoms with van der Waals surface area (Å²) in [5, 5.41) is 0. The molecule has 0 atom stereocenters. The molecule has 4 heteroatoms. The monoisotopic (exact) mass is 339 g/mol. The van der Waals surface area contributed by atoms with Crippen LogP contribution in [0.3, 0.4) is 0 Å². The van der Waals surface area contributed by atoms with Crippen LogP contribution < -0.4 is 0 Å². The maximum absolute atomic E-state index is 12.0. The Bertz CT molecular complexity index is 378. The molecule has 2 rings (SSSR count). The third-order valence-electron chi connectivity index (χ3n) is 6.27. The second-order valence-electron chi connectivity index (χ2n) is 8.56. The van der Waals surface area contributed by atoms with Gasteiger partial charge in [-0.05, 0) is 48.7 Å². The molecule has 1 saturated carbocycles. The van der Waals surface area contributed by atoms with Crippen LogP contribution in [0.1, 0.15) is 80.1 Å². The number of amides is 1. The lowest BCUT2D eigenvalue weighted by atomic mass is 9.92. The van der Waals surface area contributed by atoms with Crippen LogP contribution in [0.4, 0.5) is 0 Å². The molecule has 1 saturated heterocycles. The van der Waals surface area contributed by atoms with Crippen LogP contribution in [-0.2, 0) is 9.22 Å². The molecule has 0 unspecified atom stereocenters. The van der Waals surface area contributed by atoms with Crippen molar-refractivity contribution in [2.75, 3.05) is 6.54 Å². The Morgan fingerprint density at radius 3 is 1.87 bits per heavy atom. The fraction of sp³-hybridized carbons (Fsp3) is 0.947. The molecule has 1 heterocycles. The zero-order valence-corrected chi connectivity index (χ0v) is 17.1. The van der Waals surface area contributed by atoms with Crippen molar-refractivity contribution in [2.45, 2.75) is 109 Å². The summed E-state index contributed by atoms with van der Waals surface area (Å²) in [7, 11) is -1.76. The Morgan fingerprint density at radius 1 is 0.957 bits per heavy atom. The van der Waals surface area contributed by atoms with Crippen LogP contribution in [0, 0.1) is 0 Å². The van der Waals surface area contributed by atoms with E-state index >= 15 is 0 Å². The van der Waals surface area contributed by atoms with E-state index in [0.717, 1.165) is 45.1 Å². The van der Waals surface area contributed by atoms with Gasteiger partial charge in [-0.3, -0.25) is 4.79 Å². The molecule has 2 fully saturated rings. The molecule has 0 bridgehead atoms. The van der Waals surface area contributed by atoms with Crippen molar-refractivity contribution in [1.82, 2.24) is 4.90 Å². The van der Waals surface area contributed by atoms with Crippen LogP contribution in [-0.4, -0.2) is 37.8 Å². The zero-order valence-electron chi connectivity index (χ0n) is 16.1. The second-order valence-corrected chi connectivity index (χ2v) is 14.0. The van der Waals surface area contributed by atoms with Crippen LogP contribution in [0.2, 0.25) is 16.6 Å². The number of nitrogens with zero attached hydrogens (tertiary/aromatic N) is 1. The summed E-state index contributed by atoms with van der Waals surface area (Å²) < 4.78 is 6.94. The van der Waals surface area contributed by atoms with E-state index in [1.54, 1.807) is 0 Å². The van der Waals surface area contributed by atoms with Gasteiger partial charge < -0.3 is 9.33 Å². The number of rotatable bonds is 6. The molecule has 1 amide bonds. The standard InChI is InChI=1S/C19H37NO2Si/c1-14(2)23(15(3)4,16(5)6)22-18-11-9-17(10-12-18)20-13-7-8-19(20)21/h14-18H,7-13H2,1-6H3. The first-order valence-corrected chi connectivity index (χ1v) is 11.9. The number of likely N-dealkylation sites (tertiary alicyclic amines) is 1. The molecule has 0 aromatic carbocycles. The van der Waals surface area contributed by atoms with Gasteiger partial charge in [-0.2, -0.15) is 0 Å². The molecule has 0 aromatic heterocycles. The number of carbonyl (C=O) groups excluding carboxylic acids is 1. The minimum Gasteiger partial charge on any atom is -0.413 e. The van der Waals surface area contributed by atoms with Crippen LogP contribution in [0.15, 0.2) is 0 Å². The molecule has 1 aliphatic carbocycles. The first kappa shape index (κ1) is 19.0. The molecule has 3 nitrogen and oxygen atoms in total. The maximum atomic E-state index is 12.0. The smallest absolute Gasteiger partial charge is 0.222 e. The fourth-order valence-electron chi connectivity index (χ4n) is 5.23. The average Bonchev–Trinajstić information content (AvgIpc) is 2.90. The van der Waals surface area contributed by atoms with E-state index in [2.05, 4.69) is 46.4 Å². The summed E-state index contributed by atoms with van der Waals surface area (Å²) in [4.78, 5) is 14.1. The van der Waals surface area contributed by atoms with Crippen molar-refractivity contribution in [3.8, 4) is 0 Å². The predicted molar refractivity (Wildman–Crippen MR) is 99.1 cm³/mol. The topological polar surface area (TPSA) is 29.5 Å². The van der Waals surface area contributed by atoms with Gasteiger partial charge in [-0.25, -0.2) is 0 Å². The maximum Gasteiger partial charge on any atom is 0.222 e.